The molecule has 1 aromatic heterocycles. The van der Waals surface area contributed by atoms with Crippen LogP contribution in [0.5, 0.6) is 0 Å². The number of nitrogens with zero attached hydrogens (tertiary/aromatic N) is 1. The van der Waals surface area contributed by atoms with Crippen LogP contribution < -0.4 is 0 Å². The Morgan fingerprint density at radius 1 is 1.00 bits per heavy atom. The number of hydrogen-bond donors (Lipinski definition) is 0. The molecule has 4 heteroatoms. The van der Waals surface area contributed by atoms with E-state index in [1.807, 2.05) is 13.8 Å². The van der Waals surface area contributed by atoms with Crippen molar-refractivity contribution in [1.82, 2.24) is 4.98 Å². The minimum atomic E-state index is -4.36. The minimum Gasteiger partial charge on any atom is -0.256 e. The molecule has 1 aromatic carbocycles. The van der Waals surface area contributed by atoms with E-state index in [-0.39, 0.29) is 5.56 Å². The maximum atomic E-state index is 12.9. The van der Waals surface area contributed by atoms with E-state index in [1.165, 1.54) is 12.1 Å². The molecule has 0 unspecified atom stereocenters. The Morgan fingerprint density at radius 3 is 2.28 bits per heavy atom. The van der Waals surface area contributed by atoms with E-state index in [1.54, 1.807) is 18.3 Å². The largest absolute Gasteiger partial charge is 0.417 e. The molecule has 0 saturated heterocycles. The molecule has 2 rings (SSSR count). The quantitative estimate of drug-likeness (QED) is 0.732. The van der Waals surface area contributed by atoms with Crippen LogP contribution in [0.25, 0.3) is 11.3 Å². The van der Waals surface area contributed by atoms with Gasteiger partial charge in [0.1, 0.15) is 0 Å². The van der Waals surface area contributed by atoms with E-state index in [0.29, 0.717) is 5.69 Å². The Morgan fingerprint density at radius 2 is 1.67 bits per heavy atom. The number of hydrogen-bond acceptors (Lipinski definition) is 1. The van der Waals surface area contributed by atoms with E-state index in [9.17, 15) is 13.2 Å². The topological polar surface area (TPSA) is 12.9 Å². The van der Waals surface area contributed by atoms with Gasteiger partial charge < -0.3 is 0 Å². The number of alkyl halides is 3. The lowest BCUT2D eigenvalue weighted by molar-refractivity contribution is -0.137. The maximum Gasteiger partial charge on any atom is 0.417 e. The van der Waals surface area contributed by atoms with Gasteiger partial charge in [0.15, 0.2) is 0 Å². The molecule has 0 aliphatic carbocycles. The number of aromatic nitrogens is 1. The average molecular weight is 251 g/mol. The molecule has 1 nitrogen and oxygen atoms in total. The zero-order valence-corrected chi connectivity index (χ0v) is 10.0. The monoisotopic (exact) mass is 251 g/mol. The van der Waals surface area contributed by atoms with Gasteiger partial charge >= 0.3 is 6.18 Å². The Labute approximate surface area is 103 Å². The zero-order valence-electron chi connectivity index (χ0n) is 10.0. The molecule has 2 aromatic rings. The highest BCUT2D eigenvalue weighted by molar-refractivity contribution is 5.65. The average Bonchev–Trinajstić information content (AvgIpc) is 2.32. The molecule has 0 fully saturated rings. The third kappa shape index (κ3) is 2.37. The second-order valence-electron chi connectivity index (χ2n) is 4.20. The number of pyridine rings is 1. The van der Waals surface area contributed by atoms with Gasteiger partial charge in [-0.15, -0.1) is 0 Å². The lowest BCUT2D eigenvalue weighted by Crippen LogP contribution is -2.07. The van der Waals surface area contributed by atoms with Crippen LogP contribution in [-0.4, -0.2) is 4.98 Å². The fourth-order valence-electron chi connectivity index (χ4n) is 1.73. The fourth-order valence-corrected chi connectivity index (χ4v) is 1.73. The van der Waals surface area contributed by atoms with E-state index >= 15 is 0 Å². The van der Waals surface area contributed by atoms with Crippen LogP contribution in [0.1, 0.15) is 16.7 Å². The van der Waals surface area contributed by atoms with Gasteiger partial charge in [-0.3, -0.25) is 4.98 Å². The van der Waals surface area contributed by atoms with Crippen molar-refractivity contribution >= 4 is 0 Å². The van der Waals surface area contributed by atoms with Crippen molar-refractivity contribution in [2.75, 3.05) is 0 Å². The molecule has 18 heavy (non-hydrogen) atoms. The summed E-state index contributed by atoms with van der Waals surface area (Å²) in [4.78, 5) is 4.08. The summed E-state index contributed by atoms with van der Waals surface area (Å²) in [6.07, 6.45) is -2.77. The molecule has 1 heterocycles. The Kier molecular flexibility index (Phi) is 3.11. The summed E-state index contributed by atoms with van der Waals surface area (Å²) in [5.41, 5.74) is 1.71. The van der Waals surface area contributed by atoms with Gasteiger partial charge in [0.2, 0.25) is 0 Å². The molecule has 0 aliphatic rings. The molecule has 0 bridgehead atoms. The van der Waals surface area contributed by atoms with Gasteiger partial charge in [-0.1, -0.05) is 18.2 Å². The summed E-state index contributed by atoms with van der Waals surface area (Å²) in [7, 11) is 0. The minimum absolute atomic E-state index is 0.119. The number of benzene rings is 1. The van der Waals surface area contributed by atoms with Crippen molar-refractivity contribution in [3.8, 4) is 11.3 Å². The van der Waals surface area contributed by atoms with Crippen molar-refractivity contribution in [2.24, 2.45) is 0 Å². The summed E-state index contributed by atoms with van der Waals surface area (Å²) in [5, 5.41) is 0. The summed E-state index contributed by atoms with van der Waals surface area (Å²) < 4.78 is 38.7. The Balaban J connectivity index is 2.61. The molecule has 0 N–H and O–H groups in total. The molecule has 0 spiro atoms. The van der Waals surface area contributed by atoms with Crippen LogP contribution in [0.3, 0.4) is 0 Å². The third-order valence-electron chi connectivity index (χ3n) is 2.88. The van der Waals surface area contributed by atoms with Crippen molar-refractivity contribution in [3.63, 3.8) is 0 Å². The van der Waals surface area contributed by atoms with Gasteiger partial charge in [-0.05, 0) is 37.1 Å². The summed E-state index contributed by atoms with van der Waals surface area (Å²) in [6.45, 7) is 3.73. The Hall–Kier alpha value is -1.84. The third-order valence-corrected chi connectivity index (χ3v) is 2.88. The predicted molar refractivity (Wildman–Crippen MR) is 64.1 cm³/mol. The number of halogens is 3. The number of aryl methyl sites for hydroxylation is 2. The molecule has 0 radical (unpaired) electrons. The van der Waals surface area contributed by atoms with Gasteiger partial charge in [0, 0.05) is 11.8 Å². The first-order chi connectivity index (χ1) is 8.39. The molecule has 0 amide bonds. The molecule has 94 valence electrons. The highest BCUT2D eigenvalue weighted by atomic mass is 19.4. The first-order valence-corrected chi connectivity index (χ1v) is 5.49. The summed E-state index contributed by atoms with van der Waals surface area (Å²) in [5.74, 6) is 0. The normalized spacial score (nSPS) is 11.6. The summed E-state index contributed by atoms with van der Waals surface area (Å²) >= 11 is 0. The maximum absolute atomic E-state index is 12.9. The van der Waals surface area contributed by atoms with Gasteiger partial charge in [-0.25, -0.2) is 0 Å². The molecular weight excluding hydrogens is 239 g/mol. The fraction of sp³-hybridized carbons (Fsp3) is 0.214. The first kappa shape index (κ1) is 12.6. The van der Waals surface area contributed by atoms with Crippen molar-refractivity contribution in [2.45, 2.75) is 20.0 Å². The standard InChI is InChI=1S/C14H12F3N/c1-9-7-13(18-8-10(9)2)11-5-3-4-6-12(11)14(15,16)17/h3-8H,1-2H3. The van der Waals surface area contributed by atoms with Crippen LogP contribution in [-0.2, 0) is 6.18 Å². The second-order valence-corrected chi connectivity index (χ2v) is 4.20. The van der Waals surface area contributed by atoms with E-state index < -0.39 is 11.7 Å². The van der Waals surface area contributed by atoms with Crippen LogP contribution >= 0.6 is 0 Å². The number of rotatable bonds is 1. The van der Waals surface area contributed by atoms with Crippen molar-refractivity contribution < 1.29 is 13.2 Å². The van der Waals surface area contributed by atoms with Crippen LogP contribution in [0.2, 0.25) is 0 Å². The second kappa shape index (κ2) is 4.44. The highest BCUT2D eigenvalue weighted by Gasteiger charge is 2.33. The summed E-state index contributed by atoms with van der Waals surface area (Å²) in [6, 6.07) is 7.17. The van der Waals surface area contributed by atoms with Crippen LogP contribution in [0, 0.1) is 13.8 Å². The van der Waals surface area contributed by atoms with Gasteiger partial charge in [0.25, 0.3) is 0 Å². The van der Waals surface area contributed by atoms with Gasteiger partial charge in [-0.2, -0.15) is 13.2 Å². The first-order valence-electron chi connectivity index (χ1n) is 5.49. The highest BCUT2D eigenvalue weighted by Crippen LogP contribution is 2.36. The van der Waals surface area contributed by atoms with Gasteiger partial charge in [0.05, 0.1) is 11.3 Å². The van der Waals surface area contributed by atoms with Crippen molar-refractivity contribution in [1.29, 1.82) is 0 Å². The Bertz CT molecular complexity index is 573. The zero-order chi connectivity index (χ0) is 13.3. The van der Waals surface area contributed by atoms with Crippen LogP contribution in [0.4, 0.5) is 13.2 Å². The van der Waals surface area contributed by atoms with Crippen molar-refractivity contribution in [3.05, 3.63) is 53.2 Å². The lowest BCUT2D eigenvalue weighted by atomic mass is 10.0. The molecule has 0 atom stereocenters. The van der Waals surface area contributed by atoms with Crippen LogP contribution in [0.15, 0.2) is 36.5 Å². The predicted octanol–water partition coefficient (Wildman–Crippen LogP) is 4.38. The molecule has 0 saturated carbocycles. The lowest BCUT2D eigenvalue weighted by Gasteiger charge is -2.12. The molecule has 0 aliphatic heterocycles. The SMILES string of the molecule is Cc1cnc(-c2ccccc2C(F)(F)F)cc1C. The van der Waals surface area contributed by atoms with E-state index in [2.05, 4.69) is 4.98 Å². The smallest absolute Gasteiger partial charge is 0.256 e. The van der Waals surface area contributed by atoms with E-state index in [0.717, 1.165) is 17.2 Å². The van der Waals surface area contributed by atoms with E-state index in [4.69, 9.17) is 0 Å². The molecular formula is C14H12F3N.